The summed E-state index contributed by atoms with van der Waals surface area (Å²) in [6.45, 7) is 0. The van der Waals surface area contributed by atoms with Gasteiger partial charge in [-0.2, -0.15) is 0 Å². The largest absolute Gasteiger partial charge is 0.478 e. The average molecular weight is 296 g/mol. The molecule has 0 amide bonds. The Bertz CT molecular complexity index is 774. The Hall–Kier alpha value is -3.21. The highest BCUT2D eigenvalue weighted by atomic mass is 16.4. The first kappa shape index (κ1) is 15.2. The van der Waals surface area contributed by atoms with E-state index in [1.807, 2.05) is 0 Å². The molecule has 0 atom stereocenters. The molecule has 5 heteroatoms. The Morgan fingerprint density at radius 2 is 1.32 bits per heavy atom. The van der Waals surface area contributed by atoms with Gasteiger partial charge in [0.2, 0.25) is 0 Å². The van der Waals surface area contributed by atoms with E-state index in [1.165, 1.54) is 48.6 Å². The first-order valence-corrected chi connectivity index (χ1v) is 6.36. The fraction of sp³-hybridized carbons (Fsp3) is 0. The zero-order valence-corrected chi connectivity index (χ0v) is 11.4. The third-order valence-corrected chi connectivity index (χ3v) is 2.95. The molecule has 0 saturated carbocycles. The summed E-state index contributed by atoms with van der Waals surface area (Å²) in [5, 5.41) is 17.8. The second kappa shape index (κ2) is 6.49. The van der Waals surface area contributed by atoms with Crippen LogP contribution in [0.4, 0.5) is 0 Å². The Balaban J connectivity index is 2.21. The lowest BCUT2D eigenvalue weighted by molar-refractivity contribution is 0.0686. The smallest absolute Gasteiger partial charge is 0.335 e. The molecule has 0 aliphatic heterocycles. The maximum absolute atomic E-state index is 12.0. The van der Waals surface area contributed by atoms with Crippen molar-refractivity contribution in [3.63, 3.8) is 0 Å². The summed E-state index contributed by atoms with van der Waals surface area (Å²) < 4.78 is 0. The lowest BCUT2D eigenvalue weighted by atomic mass is 10.1. The van der Waals surface area contributed by atoms with Crippen molar-refractivity contribution in [1.29, 1.82) is 0 Å². The molecule has 0 radical (unpaired) electrons. The van der Waals surface area contributed by atoms with E-state index in [2.05, 4.69) is 0 Å². The molecular formula is C17H12O5. The number of hydrogen-bond acceptors (Lipinski definition) is 3. The third-order valence-electron chi connectivity index (χ3n) is 2.95. The molecule has 2 rings (SSSR count). The highest BCUT2D eigenvalue weighted by molar-refractivity contribution is 6.08. The Morgan fingerprint density at radius 3 is 1.95 bits per heavy atom. The average Bonchev–Trinajstić information content (AvgIpc) is 2.53. The Morgan fingerprint density at radius 1 is 0.773 bits per heavy atom. The van der Waals surface area contributed by atoms with Gasteiger partial charge in [-0.3, -0.25) is 4.79 Å². The number of hydrogen-bond donors (Lipinski definition) is 2. The molecule has 0 bridgehead atoms. The van der Waals surface area contributed by atoms with Crippen molar-refractivity contribution in [3.05, 3.63) is 76.9 Å². The molecular weight excluding hydrogens is 284 g/mol. The van der Waals surface area contributed by atoms with Crippen molar-refractivity contribution in [2.75, 3.05) is 0 Å². The van der Waals surface area contributed by atoms with Crippen molar-refractivity contribution < 1.29 is 24.6 Å². The molecule has 5 nitrogen and oxygen atoms in total. The number of allylic oxidation sites excluding steroid dienone is 1. The second-order valence-electron chi connectivity index (χ2n) is 4.51. The molecule has 2 aromatic rings. The molecule has 0 fully saturated rings. The summed E-state index contributed by atoms with van der Waals surface area (Å²) in [7, 11) is 0. The topological polar surface area (TPSA) is 91.7 Å². The summed E-state index contributed by atoms with van der Waals surface area (Å²) in [5.41, 5.74) is 0.989. The van der Waals surface area contributed by atoms with Crippen molar-refractivity contribution in [2.24, 2.45) is 0 Å². The monoisotopic (exact) mass is 296 g/mol. The minimum absolute atomic E-state index is 0.0344. The van der Waals surface area contributed by atoms with Crippen LogP contribution in [0.3, 0.4) is 0 Å². The lowest BCUT2D eigenvalue weighted by Crippen LogP contribution is -2.00. The maximum Gasteiger partial charge on any atom is 0.335 e. The van der Waals surface area contributed by atoms with Crippen LogP contribution in [0.15, 0.2) is 54.6 Å². The predicted molar refractivity (Wildman–Crippen MR) is 80.2 cm³/mol. The van der Waals surface area contributed by atoms with E-state index >= 15 is 0 Å². The molecule has 0 heterocycles. The van der Waals surface area contributed by atoms with Gasteiger partial charge in [0, 0.05) is 5.56 Å². The SMILES string of the molecule is O=C(O)c1cccc(/C=C/C(=O)c2cccc(C(=O)O)c2)c1. The van der Waals surface area contributed by atoms with Gasteiger partial charge in [0.1, 0.15) is 0 Å². The number of carboxylic acids is 2. The number of carboxylic acid groups (broad SMARTS) is 2. The molecule has 0 aliphatic carbocycles. The van der Waals surface area contributed by atoms with Gasteiger partial charge < -0.3 is 10.2 Å². The number of carbonyl (C=O) groups excluding carboxylic acids is 1. The van der Waals surface area contributed by atoms with Crippen LogP contribution >= 0.6 is 0 Å². The van der Waals surface area contributed by atoms with E-state index in [1.54, 1.807) is 12.1 Å². The summed E-state index contributed by atoms with van der Waals surface area (Å²) >= 11 is 0. The summed E-state index contributed by atoms with van der Waals surface area (Å²) in [4.78, 5) is 33.8. The number of carbonyl (C=O) groups is 3. The van der Waals surface area contributed by atoms with Crippen molar-refractivity contribution in [3.8, 4) is 0 Å². The first-order valence-electron chi connectivity index (χ1n) is 6.36. The van der Waals surface area contributed by atoms with Crippen molar-refractivity contribution in [2.45, 2.75) is 0 Å². The third kappa shape index (κ3) is 3.67. The van der Waals surface area contributed by atoms with Gasteiger partial charge in [-0.15, -0.1) is 0 Å². The van der Waals surface area contributed by atoms with Crippen molar-refractivity contribution in [1.82, 2.24) is 0 Å². The van der Waals surface area contributed by atoms with E-state index in [4.69, 9.17) is 10.2 Å². The zero-order valence-electron chi connectivity index (χ0n) is 11.4. The lowest BCUT2D eigenvalue weighted by Gasteiger charge is -1.99. The van der Waals surface area contributed by atoms with E-state index < -0.39 is 11.9 Å². The van der Waals surface area contributed by atoms with Crippen LogP contribution in [-0.4, -0.2) is 27.9 Å². The van der Waals surface area contributed by atoms with Crippen LogP contribution in [0, 0.1) is 0 Å². The van der Waals surface area contributed by atoms with Gasteiger partial charge in [-0.05, 0) is 35.9 Å². The van der Waals surface area contributed by atoms with E-state index in [0.29, 0.717) is 5.56 Å². The maximum atomic E-state index is 12.0. The predicted octanol–water partition coefficient (Wildman–Crippen LogP) is 2.98. The van der Waals surface area contributed by atoms with Crippen LogP contribution in [0.2, 0.25) is 0 Å². The number of rotatable bonds is 5. The van der Waals surface area contributed by atoms with Crippen LogP contribution in [0.25, 0.3) is 6.08 Å². The van der Waals surface area contributed by atoms with E-state index in [0.717, 1.165) is 0 Å². The fourth-order valence-electron chi connectivity index (χ4n) is 1.85. The zero-order chi connectivity index (χ0) is 16.1. The fourth-order valence-corrected chi connectivity index (χ4v) is 1.85. The summed E-state index contributed by atoms with van der Waals surface area (Å²) in [5.74, 6) is -2.51. The van der Waals surface area contributed by atoms with Crippen LogP contribution < -0.4 is 0 Å². The standard InChI is InChI=1S/C17H12O5/c18-15(12-4-2-6-14(10-12)17(21)22)8-7-11-3-1-5-13(9-11)16(19)20/h1-10H,(H,19,20)(H,21,22)/b8-7+. The van der Waals surface area contributed by atoms with Crippen LogP contribution in [0.5, 0.6) is 0 Å². The normalized spacial score (nSPS) is 10.5. The van der Waals surface area contributed by atoms with E-state index in [9.17, 15) is 14.4 Å². The number of ketones is 1. The molecule has 2 N–H and O–H groups in total. The van der Waals surface area contributed by atoms with Gasteiger partial charge in [0.15, 0.2) is 5.78 Å². The minimum Gasteiger partial charge on any atom is -0.478 e. The molecule has 0 saturated heterocycles. The minimum atomic E-state index is -1.10. The molecule has 22 heavy (non-hydrogen) atoms. The molecule has 2 aromatic carbocycles. The van der Waals surface area contributed by atoms with Gasteiger partial charge in [-0.25, -0.2) is 9.59 Å². The van der Waals surface area contributed by atoms with Gasteiger partial charge in [0.25, 0.3) is 0 Å². The van der Waals surface area contributed by atoms with Crippen molar-refractivity contribution >= 4 is 23.8 Å². The van der Waals surface area contributed by atoms with Gasteiger partial charge >= 0.3 is 11.9 Å². The summed E-state index contributed by atoms with van der Waals surface area (Å²) in [6.07, 6.45) is 2.77. The Labute approximate surface area is 126 Å². The molecule has 0 aromatic heterocycles. The Kier molecular flexibility index (Phi) is 4.48. The number of benzene rings is 2. The van der Waals surface area contributed by atoms with Gasteiger partial charge in [-0.1, -0.05) is 30.3 Å². The molecule has 0 aliphatic rings. The first-order chi connectivity index (χ1) is 10.5. The second-order valence-corrected chi connectivity index (χ2v) is 4.51. The molecule has 0 spiro atoms. The highest BCUT2D eigenvalue weighted by Crippen LogP contribution is 2.10. The molecule has 110 valence electrons. The summed E-state index contributed by atoms with van der Waals surface area (Å²) in [6, 6.07) is 11.9. The van der Waals surface area contributed by atoms with E-state index in [-0.39, 0.29) is 22.5 Å². The quantitative estimate of drug-likeness (QED) is 0.653. The number of aromatic carboxylic acids is 2. The molecule has 0 unspecified atom stereocenters. The van der Waals surface area contributed by atoms with Crippen LogP contribution in [-0.2, 0) is 0 Å². The van der Waals surface area contributed by atoms with Crippen LogP contribution in [0.1, 0.15) is 36.6 Å². The highest BCUT2D eigenvalue weighted by Gasteiger charge is 2.07. The van der Waals surface area contributed by atoms with Gasteiger partial charge in [0.05, 0.1) is 11.1 Å².